The average molecular weight is 421 g/mol. The van der Waals surface area contributed by atoms with Crippen LogP contribution in [0.15, 0.2) is 42.5 Å². The van der Waals surface area contributed by atoms with E-state index in [4.69, 9.17) is 14.2 Å². The first-order chi connectivity index (χ1) is 14.4. The minimum atomic E-state index is -2.95. The van der Waals surface area contributed by atoms with Crippen LogP contribution in [-0.4, -0.2) is 45.3 Å². The summed E-state index contributed by atoms with van der Waals surface area (Å²) in [5.41, 5.74) is 1.49. The molecule has 8 heteroatoms. The lowest BCUT2D eigenvalue weighted by Gasteiger charge is -2.17. The maximum atomic E-state index is 12.4. The number of halogens is 2. The molecule has 0 aliphatic rings. The Morgan fingerprint density at radius 1 is 1.03 bits per heavy atom. The minimum Gasteiger partial charge on any atom is -0.493 e. The predicted octanol–water partition coefficient (Wildman–Crippen LogP) is 4.38. The summed E-state index contributed by atoms with van der Waals surface area (Å²) in [4.78, 5) is 14.0. The Bertz CT molecular complexity index is 886. The Morgan fingerprint density at radius 3 is 2.33 bits per heavy atom. The molecule has 0 saturated carbocycles. The van der Waals surface area contributed by atoms with Gasteiger partial charge in [0, 0.05) is 19.7 Å². The molecule has 0 aliphatic carbocycles. The molecule has 0 unspecified atom stereocenters. The van der Waals surface area contributed by atoms with Crippen molar-refractivity contribution in [3.63, 3.8) is 0 Å². The van der Waals surface area contributed by atoms with E-state index in [9.17, 15) is 13.6 Å². The van der Waals surface area contributed by atoms with Gasteiger partial charge < -0.3 is 23.8 Å². The van der Waals surface area contributed by atoms with Crippen LogP contribution in [0, 0.1) is 0 Å². The summed E-state index contributed by atoms with van der Waals surface area (Å²) in [7, 11) is 4.59. The van der Waals surface area contributed by atoms with Gasteiger partial charge in [0.25, 0.3) is 0 Å². The normalized spacial score (nSPS) is 10.9. The second-order valence-electron chi connectivity index (χ2n) is 6.23. The van der Waals surface area contributed by atoms with Crippen LogP contribution in [0.25, 0.3) is 6.08 Å². The summed E-state index contributed by atoms with van der Waals surface area (Å²) in [5, 5.41) is 0. The highest BCUT2D eigenvalue weighted by atomic mass is 19.3. The molecule has 0 heterocycles. The monoisotopic (exact) mass is 421 g/mol. The van der Waals surface area contributed by atoms with Crippen molar-refractivity contribution >= 4 is 12.0 Å². The van der Waals surface area contributed by atoms with Crippen LogP contribution in [-0.2, 0) is 11.3 Å². The zero-order valence-electron chi connectivity index (χ0n) is 17.4. The zero-order valence-corrected chi connectivity index (χ0v) is 17.4. The van der Waals surface area contributed by atoms with E-state index < -0.39 is 6.61 Å². The number of ether oxygens (including phenoxy) is 4. The van der Waals surface area contributed by atoms with E-state index in [2.05, 4.69) is 4.74 Å². The Labute approximate surface area is 174 Å². The molecule has 162 valence electrons. The van der Waals surface area contributed by atoms with Gasteiger partial charge in [0.15, 0.2) is 23.0 Å². The Kier molecular flexibility index (Phi) is 8.46. The van der Waals surface area contributed by atoms with Crippen LogP contribution in [0.2, 0.25) is 0 Å². The van der Waals surface area contributed by atoms with Crippen LogP contribution in [0.5, 0.6) is 23.0 Å². The molecule has 0 fully saturated rings. The van der Waals surface area contributed by atoms with E-state index in [1.54, 1.807) is 32.4 Å². The smallest absolute Gasteiger partial charge is 0.387 e. The lowest BCUT2D eigenvalue weighted by atomic mass is 10.1. The first-order valence-electron chi connectivity index (χ1n) is 9.23. The third-order valence-corrected chi connectivity index (χ3v) is 4.15. The molecule has 6 nitrogen and oxygen atoms in total. The predicted molar refractivity (Wildman–Crippen MR) is 109 cm³/mol. The number of benzene rings is 2. The first-order valence-corrected chi connectivity index (χ1v) is 9.23. The van der Waals surface area contributed by atoms with Crippen molar-refractivity contribution in [2.45, 2.75) is 20.1 Å². The second kappa shape index (κ2) is 11.0. The Morgan fingerprint density at radius 2 is 1.70 bits per heavy atom. The van der Waals surface area contributed by atoms with Crippen LogP contribution in [0.4, 0.5) is 8.78 Å². The topological polar surface area (TPSA) is 57.2 Å². The summed E-state index contributed by atoms with van der Waals surface area (Å²) in [5.74, 6) is 1.10. The molecule has 0 aromatic heterocycles. The van der Waals surface area contributed by atoms with Gasteiger partial charge >= 0.3 is 6.61 Å². The van der Waals surface area contributed by atoms with Gasteiger partial charge in [0.05, 0.1) is 20.8 Å². The zero-order chi connectivity index (χ0) is 22.1. The minimum absolute atomic E-state index is 0.0717. The number of amides is 1. The van der Waals surface area contributed by atoms with Crippen molar-refractivity contribution in [1.29, 1.82) is 0 Å². The van der Waals surface area contributed by atoms with Crippen LogP contribution in [0.3, 0.4) is 0 Å². The number of hydrogen-bond donors (Lipinski definition) is 0. The van der Waals surface area contributed by atoms with Gasteiger partial charge in [-0.05, 0) is 48.4 Å². The van der Waals surface area contributed by atoms with Crippen molar-refractivity contribution in [2.24, 2.45) is 0 Å². The molecular formula is C22H25F2NO5. The summed E-state index contributed by atoms with van der Waals surface area (Å²) in [6.45, 7) is -0.159. The number of methoxy groups -OCH3 is 2. The van der Waals surface area contributed by atoms with Crippen molar-refractivity contribution in [1.82, 2.24) is 4.90 Å². The fourth-order valence-electron chi connectivity index (χ4n) is 2.71. The summed E-state index contributed by atoms with van der Waals surface area (Å²) >= 11 is 0. The molecule has 0 N–H and O–H groups in total. The molecule has 30 heavy (non-hydrogen) atoms. The van der Waals surface area contributed by atoms with E-state index in [-0.39, 0.29) is 17.4 Å². The summed E-state index contributed by atoms with van der Waals surface area (Å²) in [6, 6.07) is 9.94. The van der Waals surface area contributed by atoms with Crippen molar-refractivity contribution in [2.75, 3.05) is 27.9 Å². The summed E-state index contributed by atoms with van der Waals surface area (Å²) in [6.07, 6.45) is 2.97. The lowest BCUT2D eigenvalue weighted by Crippen LogP contribution is -2.24. The first kappa shape index (κ1) is 23.0. The molecule has 0 radical (unpaired) electrons. The maximum absolute atomic E-state index is 12.4. The average Bonchev–Trinajstić information content (AvgIpc) is 2.73. The quantitative estimate of drug-likeness (QED) is 0.533. The van der Waals surface area contributed by atoms with Gasteiger partial charge in [-0.1, -0.05) is 12.1 Å². The molecule has 2 aromatic rings. The molecule has 0 aliphatic heterocycles. The fraction of sp³-hybridized carbons (Fsp3) is 0.318. The van der Waals surface area contributed by atoms with Crippen LogP contribution in [0.1, 0.15) is 18.1 Å². The third kappa shape index (κ3) is 6.37. The van der Waals surface area contributed by atoms with E-state index >= 15 is 0 Å². The van der Waals surface area contributed by atoms with Gasteiger partial charge in [-0.3, -0.25) is 4.79 Å². The fourth-order valence-corrected chi connectivity index (χ4v) is 2.71. The van der Waals surface area contributed by atoms with E-state index in [0.717, 1.165) is 5.56 Å². The largest absolute Gasteiger partial charge is 0.493 e. The van der Waals surface area contributed by atoms with E-state index in [1.807, 2.05) is 19.1 Å². The van der Waals surface area contributed by atoms with Crippen LogP contribution < -0.4 is 18.9 Å². The number of rotatable bonds is 10. The third-order valence-electron chi connectivity index (χ3n) is 4.15. The molecule has 0 saturated heterocycles. The van der Waals surface area contributed by atoms with E-state index in [1.165, 1.54) is 30.2 Å². The lowest BCUT2D eigenvalue weighted by molar-refractivity contribution is -0.125. The van der Waals surface area contributed by atoms with Crippen LogP contribution >= 0.6 is 0 Å². The highest BCUT2D eigenvalue weighted by Crippen LogP contribution is 2.30. The summed E-state index contributed by atoms with van der Waals surface area (Å²) < 4.78 is 45.1. The van der Waals surface area contributed by atoms with Crippen molar-refractivity contribution in [3.05, 3.63) is 53.6 Å². The number of likely N-dealkylation sites (N-methyl/N-ethyl adjacent to an activating group) is 1. The van der Waals surface area contributed by atoms with Gasteiger partial charge in [-0.25, -0.2) is 0 Å². The van der Waals surface area contributed by atoms with Crippen molar-refractivity contribution < 1.29 is 32.5 Å². The molecule has 0 spiro atoms. The van der Waals surface area contributed by atoms with Gasteiger partial charge in [-0.15, -0.1) is 0 Å². The molecule has 0 atom stereocenters. The molecular weight excluding hydrogens is 396 g/mol. The molecule has 2 aromatic carbocycles. The molecule has 1 amide bonds. The van der Waals surface area contributed by atoms with Gasteiger partial charge in [-0.2, -0.15) is 8.78 Å². The highest BCUT2D eigenvalue weighted by Gasteiger charge is 2.12. The SMILES string of the molecule is CCOc1ccc(CN(C)C(=O)/C=C/c2ccc(OC(F)F)c(OC)c2)cc1OC. The number of nitrogens with zero attached hydrogens (tertiary/aromatic N) is 1. The molecule has 0 bridgehead atoms. The number of carbonyl (C=O) groups is 1. The number of alkyl halides is 2. The second-order valence-corrected chi connectivity index (χ2v) is 6.23. The number of carbonyl (C=O) groups excluding carboxylic acids is 1. The maximum Gasteiger partial charge on any atom is 0.387 e. The van der Waals surface area contributed by atoms with Gasteiger partial charge in [0.1, 0.15) is 0 Å². The number of hydrogen-bond acceptors (Lipinski definition) is 5. The van der Waals surface area contributed by atoms with Gasteiger partial charge in [0.2, 0.25) is 5.91 Å². The Hall–Kier alpha value is -3.29. The molecule has 2 rings (SSSR count). The standard InChI is InChI=1S/C22H25F2NO5/c1-5-29-17-9-7-16(13-19(17)27-3)14-25(2)21(26)11-8-15-6-10-18(30-22(23)24)20(12-15)28-4/h6-13,22H,5,14H2,1-4H3/b11-8+. The van der Waals surface area contributed by atoms with E-state index in [0.29, 0.717) is 30.2 Å². The van der Waals surface area contributed by atoms with Crippen molar-refractivity contribution in [3.8, 4) is 23.0 Å². The highest BCUT2D eigenvalue weighted by molar-refractivity contribution is 5.91. The Balaban J connectivity index is 2.06.